The van der Waals surface area contributed by atoms with Crippen LogP contribution in [0.4, 0.5) is 0 Å². The lowest BCUT2D eigenvalue weighted by atomic mass is 10.0. The number of nitrogens with one attached hydrogen (secondary N) is 1. The molecule has 0 radical (unpaired) electrons. The van der Waals surface area contributed by atoms with Crippen LogP contribution in [-0.4, -0.2) is 54.4 Å². The predicted molar refractivity (Wildman–Crippen MR) is 96.8 cm³/mol. The molecule has 0 aromatic heterocycles. The van der Waals surface area contributed by atoms with Crippen molar-refractivity contribution >= 4 is 39.5 Å². The average Bonchev–Trinajstić information content (AvgIpc) is 2.96. The van der Waals surface area contributed by atoms with Crippen LogP contribution in [0.25, 0.3) is 6.08 Å². The molecule has 0 unspecified atom stereocenters. The lowest BCUT2D eigenvalue weighted by molar-refractivity contribution is 0.260. The quantitative estimate of drug-likeness (QED) is 0.629. The first kappa shape index (κ1) is 15.6. The number of para-hydroxylation sites is 1. The highest BCUT2D eigenvalue weighted by Gasteiger charge is 2.47. The Kier molecular flexibility index (Phi) is 3.61. The van der Waals surface area contributed by atoms with Crippen LogP contribution in [0, 0.1) is 0 Å². The van der Waals surface area contributed by atoms with E-state index in [1.54, 1.807) is 11.2 Å². The summed E-state index contributed by atoms with van der Waals surface area (Å²) in [6.45, 7) is 1.96. The number of ether oxygens (including phenoxy) is 1. The van der Waals surface area contributed by atoms with Crippen molar-refractivity contribution in [3.63, 3.8) is 0 Å². The van der Waals surface area contributed by atoms with Gasteiger partial charge in [0.1, 0.15) is 11.9 Å². The lowest BCUT2D eigenvalue weighted by Gasteiger charge is -2.23. The summed E-state index contributed by atoms with van der Waals surface area (Å²) in [5.41, 5.74) is 1.92. The van der Waals surface area contributed by atoms with Gasteiger partial charge < -0.3 is 10.1 Å². The molecule has 8 heteroatoms. The summed E-state index contributed by atoms with van der Waals surface area (Å²) in [5, 5.41) is 9.58. The summed E-state index contributed by atoms with van der Waals surface area (Å²) in [5.74, 6) is 1.04. The van der Waals surface area contributed by atoms with Gasteiger partial charge in [0.05, 0.1) is 29.8 Å². The molecule has 2 fully saturated rings. The molecule has 0 spiro atoms. The van der Waals surface area contributed by atoms with Crippen molar-refractivity contribution in [3.8, 4) is 5.75 Å². The first-order valence-corrected chi connectivity index (χ1v) is 9.97. The van der Waals surface area contributed by atoms with E-state index in [1.807, 2.05) is 37.3 Å². The highest BCUT2D eigenvalue weighted by molar-refractivity contribution is 7.91. The van der Waals surface area contributed by atoms with Gasteiger partial charge >= 0.3 is 0 Å². The van der Waals surface area contributed by atoms with Crippen molar-refractivity contribution in [1.29, 1.82) is 0 Å². The van der Waals surface area contributed by atoms with Crippen LogP contribution < -0.4 is 10.1 Å². The van der Waals surface area contributed by atoms with Gasteiger partial charge in [-0.3, -0.25) is 0 Å². The zero-order valence-corrected chi connectivity index (χ0v) is 14.7. The number of benzene rings is 1. The average molecular weight is 363 g/mol. The van der Waals surface area contributed by atoms with E-state index in [1.165, 1.54) is 0 Å². The second-order valence-electron chi connectivity index (χ2n) is 6.23. The first-order chi connectivity index (χ1) is 11.4. The Morgan fingerprint density at radius 2 is 2.17 bits per heavy atom. The number of hydrogen-bond acceptors (Lipinski definition) is 5. The van der Waals surface area contributed by atoms with Crippen LogP contribution in [0.1, 0.15) is 12.5 Å². The minimum absolute atomic E-state index is 0.0794. The standard InChI is InChI=1S/C16H17N3O3S2/c1-10-12(6-11-4-2-3-5-15(11)22-10)7-17-19-14-9-24(20,21)8-13(14)18-16(19)23/h2-7,10,13-14H,8-9H2,1H3,(H,18,23)/b17-7-/t10-,13+,14-/m1/s1. The number of nitrogens with zero attached hydrogens (tertiary/aromatic N) is 2. The SMILES string of the molecule is C[C@H]1Oc2ccccc2C=C1/C=N\N1C(=S)N[C@H]2CS(=O)(=O)C[C@H]21. The second kappa shape index (κ2) is 5.56. The summed E-state index contributed by atoms with van der Waals surface area (Å²) in [6.07, 6.45) is 3.61. The molecule has 3 heterocycles. The minimum atomic E-state index is -3.03. The Hall–Kier alpha value is -1.93. The fourth-order valence-electron chi connectivity index (χ4n) is 3.25. The molecule has 2 saturated heterocycles. The van der Waals surface area contributed by atoms with Gasteiger partial charge in [0.2, 0.25) is 0 Å². The summed E-state index contributed by atoms with van der Waals surface area (Å²) >= 11 is 5.28. The van der Waals surface area contributed by atoms with E-state index in [9.17, 15) is 8.42 Å². The zero-order chi connectivity index (χ0) is 16.9. The van der Waals surface area contributed by atoms with Crippen LogP contribution in [0.2, 0.25) is 0 Å². The van der Waals surface area contributed by atoms with E-state index in [-0.39, 0.29) is 29.7 Å². The van der Waals surface area contributed by atoms with Crippen LogP contribution in [0.15, 0.2) is 34.9 Å². The lowest BCUT2D eigenvalue weighted by Crippen LogP contribution is -2.33. The monoisotopic (exact) mass is 363 g/mol. The molecule has 3 aliphatic heterocycles. The summed E-state index contributed by atoms with van der Waals surface area (Å²) in [4.78, 5) is 0. The van der Waals surface area contributed by atoms with Gasteiger partial charge in [0, 0.05) is 11.1 Å². The Bertz CT molecular complexity index is 863. The smallest absolute Gasteiger partial charge is 0.190 e. The van der Waals surface area contributed by atoms with E-state index in [4.69, 9.17) is 17.0 Å². The highest BCUT2D eigenvalue weighted by Crippen LogP contribution is 2.29. The van der Waals surface area contributed by atoms with Gasteiger partial charge in [-0.1, -0.05) is 18.2 Å². The maximum Gasteiger partial charge on any atom is 0.190 e. The number of hydrazone groups is 1. The maximum atomic E-state index is 11.8. The van der Waals surface area contributed by atoms with Crippen molar-refractivity contribution in [2.75, 3.05) is 11.5 Å². The Morgan fingerprint density at radius 3 is 3.00 bits per heavy atom. The van der Waals surface area contributed by atoms with Crippen molar-refractivity contribution in [3.05, 3.63) is 35.4 Å². The van der Waals surface area contributed by atoms with E-state index in [0.717, 1.165) is 16.9 Å². The molecule has 0 aliphatic carbocycles. The molecule has 24 heavy (non-hydrogen) atoms. The van der Waals surface area contributed by atoms with E-state index >= 15 is 0 Å². The molecule has 1 aromatic rings. The van der Waals surface area contributed by atoms with Crippen molar-refractivity contribution in [1.82, 2.24) is 10.3 Å². The molecule has 3 atom stereocenters. The molecule has 4 rings (SSSR count). The number of fused-ring (bicyclic) bond motifs is 2. The molecular weight excluding hydrogens is 346 g/mol. The fourth-order valence-corrected chi connectivity index (χ4v) is 5.47. The molecular formula is C16H17N3O3S2. The van der Waals surface area contributed by atoms with Crippen molar-refractivity contribution < 1.29 is 13.2 Å². The van der Waals surface area contributed by atoms with Gasteiger partial charge in [0.25, 0.3) is 0 Å². The van der Waals surface area contributed by atoms with Gasteiger partial charge in [-0.2, -0.15) is 5.10 Å². The number of rotatable bonds is 2. The summed E-state index contributed by atoms with van der Waals surface area (Å²) in [6, 6.07) is 7.41. The Balaban J connectivity index is 1.59. The third-order valence-electron chi connectivity index (χ3n) is 4.50. The highest BCUT2D eigenvalue weighted by atomic mass is 32.2. The third-order valence-corrected chi connectivity index (χ3v) is 6.52. The minimum Gasteiger partial charge on any atom is -0.485 e. The van der Waals surface area contributed by atoms with Crippen LogP contribution in [0.3, 0.4) is 0 Å². The summed E-state index contributed by atoms with van der Waals surface area (Å²) in [7, 11) is -3.03. The molecule has 1 aromatic carbocycles. The topological polar surface area (TPSA) is 71.0 Å². The normalized spacial score (nSPS) is 30.5. The zero-order valence-electron chi connectivity index (χ0n) is 13.0. The first-order valence-electron chi connectivity index (χ1n) is 7.74. The number of sulfone groups is 1. The predicted octanol–water partition coefficient (Wildman–Crippen LogP) is 1.19. The van der Waals surface area contributed by atoms with Gasteiger partial charge in [-0.15, -0.1) is 0 Å². The van der Waals surface area contributed by atoms with Gasteiger partial charge in [-0.05, 0) is 31.3 Å². The fraction of sp³-hybridized carbons (Fsp3) is 0.375. The van der Waals surface area contributed by atoms with E-state index in [2.05, 4.69) is 10.4 Å². The van der Waals surface area contributed by atoms with Crippen molar-refractivity contribution in [2.24, 2.45) is 5.10 Å². The molecule has 1 N–H and O–H groups in total. The van der Waals surface area contributed by atoms with Crippen LogP contribution in [-0.2, 0) is 9.84 Å². The molecule has 126 valence electrons. The van der Waals surface area contributed by atoms with E-state index < -0.39 is 9.84 Å². The molecule has 0 amide bonds. The van der Waals surface area contributed by atoms with Gasteiger partial charge in [-0.25, -0.2) is 13.4 Å². The Labute approximate surface area is 146 Å². The number of hydrogen-bond donors (Lipinski definition) is 1. The van der Waals surface area contributed by atoms with Gasteiger partial charge in [0.15, 0.2) is 14.9 Å². The maximum absolute atomic E-state index is 11.8. The number of thiocarbonyl (C=S) groups is 1. The molecule has 0 saturated carbocycles. The molecule has 6 nitrogen and oxygen atoms in total. The van der Waals surface area contributed by atoms with E-state index in [0.29, 0.717) is 5.11 Å². The summed E-state index contributed by atoms with van der Waals surface area (Å²) < 4.78 is 29.5. The third kappa shape index (κ3) is 2.69. The van der Waals surface area contributed by atoms with Crippen LogP contribution >= 0.6 is 12.2 Å². The van der Waals surface area contributed by atoms with Crippen molar-refractivity contribution in [2.45, 2.75) is 25.1 Å². The molecule has 0 bridgehead atoms. The second-order valence-corrected chi connectivity index (χ2v) is 8.77. The van der Waals surface area contributed by atoms with Crippen LogP contribution in [0.5, 0.6) is 5.75 Å². The largest absolute Gasteiger partial charge is 0.485 e. The molecule has 3 aliphatic rings. The Morgan fingerprint density at radius 1 is 1.38 bits per heavy atom.